The Bertz CT molecular complexity index is 779. The Hall–Kier alpha value is -2.10. The molecule has 0 aliphatic carbocycles. The zero-order valence-corrected chi connectivity index (χ0v) is 12.6. The van der Waals surface area contributed by atoms with Gasteiger partial charge in [-0.15, -0.1) is 0 Å². The number of aromatic nitrogens is 4. The molecule has 2 heterocycles. The molecule has 0 aliphatic heterocycles. The second-order valence-corrected chi connectivity index (χ2v) is 7.36. The van der Waals surface area contributed by atoms with Crippen molar-refractivity contribution in [1.29, 1.82) is 0 Å². The van der Waals surface area contributed by atoms with Gasteiger partial charge in [-0.2, -0.15) is 43.2 Å². The molecular formula is C8H6F6N4O4S2. The lowest BCUT2D eigenvalue weighted by atomic mass is 11.0. The van der Waals surface area contributed by atoms with Crippen molar-refractivity contribution in [1.82, 2.24) is 17.9 Å². The van der Waals surface area contributed by atoms with Gasteiger partial charge in [-0.05, 0) is 0 Å². The van der Waals surface area contributed by atoms with E-state index in [0.29, 0.717) is 25.0 Å². The van der Waals surface area contributed by atoms with Crippen LogP contribution in [-0.2, 0) is 20.0 Å². The van der Waals surface area contributed by atoms with Gasteiger partial charge in [0.25, 0.3) is 0 Å². The first-order chi connectivity index (χ1) is 10.7. The molecule has 0 aliphatic rings. The maximum absolute atomic E-state index is 11.8. The molecule has 0 bridgehead atoms. The molecule has 136 valence electrons. The Morgan fingerprint density at radius 2 is 0.958 bits per heavy atom. The lowest BCUT2D eigenvalue weighted by molar-refractivity contribution is -0.0452. The first-order valence-corrected chi connectivity index (χ1v) is 8.19. The molecule has 0 N–H and O–H groups in total. The molecule has 2 rings (SSSR count). The van der Waals surface area contributed by atoms with Crippen LogP contribution < -0.4 is 0 Å². The van der Waals surface area contributed by atoms with Crippen LogP contribution >= 0.6 is 0 Å². The molecule has 0 fully saturated rings. The monoisotopic (exact) mass is 400 g/mol. The lowest BCUT2D eigenvalue weighted by Crippen LogP contribution is -2.28. The summed E-state index contributed by atoms with van der Waals surface area (Å²) in [5.74, 6) is 0. The minimum atomic E-state index is -5.28. The molecule has 0 saturated carbocycles. The highest BCUT2D eigenvalue weighted by Gasteiger charge is 2.47. The van der Waals surface area contributed by atoms with Crippen LogP contribution in [0.3, 0.4) is 0 Å². The largest absolute Gasteiger partial charge is 0.517 e. The Balaban J connectivity index is 0.000000240. The third-order valence-electron chi connectivity index (χ3n) is 2.10. The molecule has 24 heavy (non-hydrogen) atoms. The maximum atomic E-state index is 11.8. The van der Waals surface area contributed by atoms with Crippen LogP contribution in [0.4, 0.5) is 26.3 Å². The van der Waals surface area contributed by atoms with E-state index >= 15 is 0 Å². The van der Waals surface area contributed by atoms with Crippen LogP contribution in [0.1, 0.15) is 0 Å². The van der Waals surface area contributed by atoms with Crippen LogP contribution in [0.15, 0.2) is 37.4 Å². The van der Waals surface area contributed by atoms with Crippen molar-refractivity contribution in [2.24, 2.45) is 0 Å². The predicted octanol–water partition coefficient (Wildman–Crippen LogP) is 1.16. The number of alkyl halides is 6. The molecule has 0 atom stereocenters. The highest BCUT2D eigenvalue weighted by molar-refractivity contribution is 7.91. The van der Waals surface area contributed by atoms with E-state index in [1.54, 1.807) is 0 Å². The van der Waals surface area contributed by atoms with E-state index in [9.17, 15) is 43.2 Å². The molecule has 0 saturated heterocycles. The standard InChI is InChI=1S/2C4H3F3N2O2S/c2*5-4(6,7)12(10,11)9-2-1-8-3-9/h2*1-3H. The van der Waals surface area contributed by atoms with Gasteiger partial charge >= 0.3 is 31.1 Å². The third-order valence-corrected chi connectivity index (χ3v) is 4.81. The first-order valence-electron chi connectivity index (χ1n) is 5.31. The summed E-state index contributed by atoms with van der Waals surface area (Å²) >= 11 is 0. The fourth-order valence-corrected chi connectivity index (χ4v) is 2.28. The van der Waals surface area contributed by atoms with Crippen LogP contribution in [0, 0.1) is 0 Å². The highest BCUT2D eigenvalue weighted by Crippen LogP contribution is 2.25. The zero-order chi connectivity index (χ0) is 18.8. The fourth-order valence-electron chi connectivity index (χ4n) is 1.02. The number of hydrogen-bond acceptors (Lipinski definition) is 6. The molecule has 0 unspecified atom stereocenters. The van der Waals surface area contributed by atoms with Crippen molar-refractivity contribution in [3.8, 4) is 0 Å². The Morgan fingerprint density at radius 1 is 0.667 bits per heavy atom. The summed E-state index contributed by atoms with van der Waals surface area (Å²) in [6, 6.07) is 0. The SMILES string of the molecule is O=S(=O)(n1ccnc1)C(F)(F)F.O=S(=O)(n1ccnc1)C(F)(F)F. The summed E-state index contributed by atoms with van der Waals surface area (Å²) in [5.41, 5.74) is -10.6. The third kappa shape index (κ3) is 4.05. The van der Waals surface area contributed by atoms with E-state index in [-0.39, 0.29) is 7.94 Å². The van der Waals surface area contributed by atoms with Crippen molar-refractivity contribution in [2.45, 2.75) is 11.0 Å². The van der Waals surface area contributed by atoms with E-state index in [1.807, 2.05) is 0 Å². The number of halogens is 6. The number of hydrogen-bond donors (Lipinski definition) is 0. The summed E-state index contributed by atoms with van der Waals surface area (Å²) in [4.78, 5) is 6.37. The van der Waals surface area contributed by atoms with Gasteiger partial charge in [0.15, 0.2) is 0 Å². The average Bonchev–Trinajstić information content (AvgIpc) is 3.11. The molecular weight excluding hydrogens is 394 g/mol. The van der Waals surface area contributed by atoms with Gasteiger partial charge in [0.1, 0.15) is 12.7 Å². The van der Waals surface area contributed by atoms with E-state index in [1.165, 1.54) is 0 Å². The minimum Gasteiger partial charge on any atom is -0.244 e. The van der Waals surface area contributed by atoms with E-state index in [4.69, 9.17) is 0 Å². The number of imidazole rings is 2. The zero-order valence-electron chi connectivity index (χ0n) is 11.0. The first kappa shape index (κ1) is 19.9. The normalized spacial score (nSPS) is 13.2. The smallest absolute Gasteiger partial charge is 0.244 e. The maximum Gasteiger partial charge on any atom is 0.517 e. The van der Waals surface area contributed by atoms with E-state index in [2.05, 4.69) is 9.97 Å². The van der Waals surface area contributed by atoms with Crippen molar-refractivity contribution in [3.05, 3.63) is 37.4 Å². The summed E-state index contributed by atoms with van der Waals surface area (Å²) in [5, 5.41) is 0. The van der Waals surface area contributed by atoms with Crippen molar-refractivity contribution >= 4 is 20.0 Å². The van der Waals surface area contributed by atoms with Crippen LogP contribution in [0.2, 0.25) is 0 Å². The summed E-state index contributed by atoms with van der Waals surface area (Å²) in [6.45, 7) is 0. The molecule has 0 amide bonds. The second-order valence-electron chi connectivity index (χ2n) is 3.69. The van der Waals surface area contributed by atoms with Gasteiger partial charge < -0.3 is 0 Å². The fraction of sp³-hybridized carbons (Fsp3) is 0.250. The molecule has 2 aromatic heterocycles. The van der Waals surface area contributed by atoms with Gasteiger partial charge in [0.2, 0.25) is 0 Å². The number of rotatable bonds is 2. The Morgan fingerprint density at radius 3 is 1.12 bits per heavy atom. The summed E-state index contributed by atoms with van der Waals surface area (Å²) in [7, 11) is -10.6. The lowest BCUT2D eigenvalue weighted by Gasteiger charge is -2.06. The predicted molar refractivity (Wildman–Crippen MR) is 65.2 cm³/mol. The van der Waals surface area contributed by atoms with Crippen molar-refractivity contribution < 1.29 is 43.2 Å². The van der Waals surface area contributed by atoms with Gasteiger partial charge in [0.05, 0.1) is 0 Å². The van der Waals surface area contributed by atoms with E-state index in [0.717, 1.165) is 12.4 Å². The second kappa shape index (κ2) is 6.42. The number of nitrogens with zero attached hydrogens (tertiary/aromatic N) is 4. The molecule has 0 spiro atoms. The Labute approximate surface area is 130 Å². The summed E-state index contributed by atoms with van der Waals surface area (Å²) in [6.07, 6.45) is 4.46. The van der Waals surface area contributed by atoms with Crippen LogP contribution in [0.5, 0.6) is 0 Å². The van der Waals surface area contributed by atoms with Gasteiger partial charge in [-0.25, -0.2) is 17.9 Å². The van der Waals surface area contributed by atoms with Crippen molar-refractivity contribution in [3.63, 3.8) is 0 Å². The highest BCUT2D eigenvalue weighted by atomic mass is 32.2. The van der Waals surface area contributed by atoms with Crippen LogP contribution in [0.25, 0.3) is 0 Å². The van der Waals surface area contributed by atoms with Gasteiger partial charge in [-0.1, -0.05) is 0 Å². The molecule has 0 aromatic carbocycles. The van der Waals surface area contributed by atoms with Gasteiger partial charge in [-0.3, -0.25) is 0 Å². The average molecular weight is 400 g/mol. The molecule has 0 radical (unpaired) electrons. The molecule has 2 aromatic rings. The Kier molecular flexibility index (Phi) is 5.34. The van der Waals surface area contributed by atoms with Crippen LogP contribution in [-0.4, -0.2) is 45.8 Å². The molecule has 16 heteroatoms. The quantitative estimate of drug-likeness (QED) is 0.701. The topological polar surface area (TPSA) is 104 Å². The molecule has 8 nitrogen and oxygen atoms in total. The van der Waals surface area contributed by atoms with E-state index < -0.39 is 31.1 Å². The summed E-state index contributed by atoms with van der Waals surface area (Å²) < 4.78 is 113. The van der Waals surface area contributed by atoms with Gasteiger partial charge in [0, 0.05) is 24.8 Å². The minimum absolute atomic E-state index is 0.00694. The van der Waals surface area contributed by atoms with Crippen molar-refractivity contribution in [2.75, 3.05) is 0 Å².